The fourth-order valence-corrected chi connectivity index (χ4v) is 3.51. The minimum atomic E-state index is -3.71. The molecule has 0 amide bonds. The molecule has 1 heterocycles. The zero-order valence-electron chi connectivity index (χ0n) is 10.1. The molecular formula is C13H9FN2O2S2. The molecule has 0 radical (unpaired) electrons. The summed E-state index contributed by atoms with van der Waals surface area (Å²) < 4.78 is 40.5. The van der Waals surface area contributed by atoms with Gasteiger partial charge >= 0.3 is 0 Å². The molecule has 0 aliphatic heterocycles. The van der Waals surface area contributed by atoms with Gasteiger partial charge in [-0.15, -0.1) is 11.3 Å². The maximum atomic E-state index is 12.8. The number of anilines is 1. The zero-order chi connectivity index (χ0) is 14.2. The molecule has 0 saturated carbocycles. The quantitative estimate of drug-likeness (QED) is 0.808. The van der Waals surface area contributed by atoms with Gasteiger partial charge in [-0.05, 0) is 42.5 Å². The molecule has 0 unspecified atom stereocenters. The van der Waals surface area contributed by atoms with Gasteiger partial charge in [-0.1, -0.05) is 0 Å². The van der Waals surface area contributed by atoms with E-state index in [0.29, 0.717) is 5.69 Å². The second-order valence-corrected chi connectivity index (χ2v) is 6.66. The van der Waals surface area contributed by atoms with Crippen LogP contribution in [0.25, 0.3) is 10.2 Å². The van der Waals surface area contributed by atoms with Crippen LogP contribution in [0, 0.1) is 5.82 Å². The summed E-state index contributed by atoms with van der Waals surface area (Å²) in [4.78, 5) is 4.14. The van der Waals surface area contributed by atoms with Crippen LogP contribution in [0.3, 0.4) is 0 Å². The van der Waals surface area contributed by atoms with Crippen LogP contribution in [-0.4, -0.2) is 13.4 Å². The number of halogens is 1. The lowest BCUT2D eigenvalue weighted by Crippen LogP contribution is -2.12. The van der Waals surface area contributed by atoms with Crippen molar-refractivity contribution >= 4 is 37.3 Å². The lowest BCUT2D eigenvalue weighted by Gasteiger charge is -2.07. The number of rotatable bonds is 3. The number of aromatic nitrogens is 1. The highest BCUT2D eigenvalue weighted by atomic mass is 32.2. The van der Waals surface area contributed by atoms with Gasteiger partial charge < -0.3 is 0 Å². The van der Waals surface area contributed by atoms with Gasteiger partial charge in [-0.3, -0.25) is 4.72 Å². The van der Waals surface area contributed by atoms with Gasteiger partial charge in [0.05, 0.1) is 26.3 Å². The summed E-state index contributed by atoms with van der Waals surface area (Å²) in [6.07, 6.45) is 0. The Kier molecular flexibility index (Phi) is 3.15. The summed E-state index contributed by atoms with van der Waals surface area (Å²) in [7, 11) is -3.71. The van der Waals surface area contributed by atoms with E-state index >= 15 is 0 Å². The van der Waals surface area contributed by atoms with Gasteiger partial charge in [-0.2, -0.15) is 0 Å². The third kappa shape index (κ3) is 2.50. The number of fused-ring (bicyclic) bond motifs is 1. The smallest absolute Gasteiger partial charge is 0.261 e. The Labute approximate surface area is 119 Å². The average molecular weight is 308 g/mol. The van der Waals surface area contributed by atoms with E-state index < -0.39 is 15.8 Å². The van der Waals surface area contributed by atoms with Gasteiger partial charge in [0.15, 0.2) is 0 Å². The fraction of sp³-hybridized carbons (Fsp3) is 0. The molecule has 0 aliphatic rings. The Hall–Kier alpha value is -1.99. The Morgan fingerprint density at radius 2 is 1.85 bits per heavy atom. The molecule has 3 aromatic rings. The first-order valence-corrected chi connectivity index (χ1v) is 8.02. The van der Waals surface area contributed by atoms with Crippen LogP contribution >= 0.6 is 11.3 Å². The summed E-state index contributed by atoms with van der Waals surface area (Å²) in [5.41, 5.74) is 2.97. The van der Waals surface area contributed by atoms with E-state index in [4.69, 9.17) is 0 Å². The van der Waals surface area contributed by atoms with E-state index in [9.17, 15) is 12.8 Å². The van der Waals surface area contributed by atoms with E-state index in [1.165, 1.54) is 23.5 Å². The summed E-state index contributed by atoms with van der Waals surface area (Å²) in [5.74, 6) is -0.477. The molecule has 0 aliphatic carbocycles. The first-order valence-electron chi connectivity index (χ1n) is 5.66. The van der Waals surface area contributed by atoms with Crippen LogP contribution in [-0.2, 0) is 10.0 Å². The first-order chi connectivity index (χ1) is 9.54. The third-order valence-corrected chi connectivity index (χ3v) is 4.90. The average Bonchev–Trinajstić information content (AvgIpc) is 2.86. The van der Waals surface area contributed by atoms with Gasteiger partial charge in [0.1, 0.15) is 5.82 Å². The lowest BCUT2D eigenvalue weighted by atomic mass is 10.3. The molecule has 0 saturated heterocycles. The zero-order valence-corrected chi connectivity index (χ0v) is 11.7. The summed E-state index contributed by atoms with van der Waals surface area (Å²) in [5, 5.41) is 0. The van der Waals surface area contributed by atoms with E-state index in [0.717, 1.165) is 22.3 Å². The van der Waals surface area contributed by atoms with Crippen LogP contribution in [0.1, 0.15) is 0 Å². The highest BCUT2D eigenvalue weighted by Crippen LogP contribution is 2.23. The molecule has 2 aromatic carbocycles. The number of sulfonamides is 1. The summed E-state index contributed by atoms with van der Waals surface area (Å²) >= 11 is 1.43. The number of nitrogens with zero attached hydrogens (tertiary/aromatic N) is 1. The number of hydrogen-bond acceptors (Lipinski definition) is 4. The second-order valence-electron chi connectivity index (χ2n) is 4.09. The topological polar surface area (TPSA) is 59.1 Å². The number of benzene rings is 2. The number of thiazole rings is 1. The van der Waals surface area contributed by atoms with Gasteiger partial charge in [0, 0.05) is 0 Å². The predicted octanol–water partition coefficient (Wildman–Crippen LogP) is 3.24. The monoisotopic (exact) mass is 308 g/mol. The third-order valence-electron chi connectivity index (χ3n) is 2.71. The van der Waals surface area contributed by atoms with Crippen molar-refractivity contribution in [2.45, 2.75) is 4.90 Å². The first kappa shape index (κ1) is 13.0. The Morgan fingerprint density at radius 1 is 1.10 bits per heavy atom. The SMILES string of the molecule is O=S(=O)(Nc1ccc2ncsc2c1)c1ccc(F)cc1. The maximum absolute atomic E-state index is 12.8. The van der Waals surface area contributed by atoms with Gasteiger partial charge in [0.2, 0.25) is 0 Å². The van der Waals surface area contributed by atoms with Crippen LogP contribution in [0.4, 0.5) is 10.1 Å². The van der Waals surface area contributed by atoms with Crippen molar-refractivity contribution in [1.82, 2.24) is 4.98 Å². The van der Waals surface area contributed by atoms with Crippen molar-refractivity contribution in [3.05, 3.63) is 53.8 Å². The summed E-state index contributed by atoms with van der Waals surface area (Å²) in [6.45, 7) is 0. The highest BCUT2D eigenvalue weighted by Gasteiger charge is 2.14. The molecule has 20 heavy (non-hydrogen) atoms. The number of hydrogen-bond donors (Lipinski definition) is 1. The van der Waals surface area contributed by atoms with E-state index in [1.807, 2.05) is 0 Å². The van der Waals surface area contributed by atoms with Crippen LogP contribution in [0.5, 0.6) is 0 Å². The largest absolute Gasteiger partial charge is 0.280 e. The summed E-state index contributed by atoms with van der Waals surface area (Å²) in [6, 6.07) is 9.78. The second kappa shape index (κ2) is 4.84. The van der Waals surface area contributed by atoms with Crippen molar-refractivity contribution in [2.75, 3.05) is 4.72 Å². The van der Waals surface area contributed by atoms with Crippen LogP contribution in [0.15, 0.2) is 52.9 Å². The van der Waals surface area contributed by atoms with Crippen LogP contribution in [0.2, 0.25) is 0 Å². The molecule has 0 spiro atoms. The van der Waals surface area contributed by atoms with Gasteiger partial charge in [-0.25, -0.2) is 17.8 Å². The molecule has 3 rings (SSSR count). The minimum Gasteiger partial charge on any atom is -0.280 e. The highest BCUT2D eigenvalue weighted by molar-refractivity contribution is 7.92. The predicted molar refractivity (Wildman–Crippen MR) is 76.8 cm³/mol. The number of nitrogens with one attached hydrogen (secondary N) is 1. The molecule has 102 valence electrons. The van der Waals surface area contributed by atoms with Gasteiger partial charge in [0.25, 0.3) is 10.0 Å². The minimum absolute atomic E-state index is 0.0169. The Balaban J connectivity index is 1.94. The Morgan fingerprint density at radius 3 is 2.60 bits per heavy atom. The van der Waals surface area contributed by atoms with Crippen molar-refractivity contribution in [2.24, 2.45) is 0 Å². The molecule has 0 fully saturated rings. The van der Waals surface area contributed by atoms with Crippen molar-refractivity contribution in [3.63, 3.8) is 0 Å². The normalized spacial score (nSPS) is 11.7. The van der Waals surface area contributed by atoms with Crippen LogP contribution < -0.4 is 4.72 Å². The lowest BCUT2D eigenvalue weighted by molar-refractivity contribution is 0.599. The fourth-order valence-electron chi connectivity index (χ4n) is 1.75. The Bertz CT molecular complexity index is 857. The molecule has 7 heteroatoms. The molecule has 1 N–H and O–H groups in total. The van der Waals surface area contributed by atoms with E-state index in [2.05, 4.69) is 9.71 Å². The van der Waals surface area contributed by atoms with Crippen molar-refractivity contribution < 1.29 is 12.8 Å². The maximum Gasteiger partial charge on any atom is 0.261 e. The van der Waals surface area contributed by atoms with Crippen molar-refractivity contribution in [1.29, 1.82) is 0 Å². The molecule has 4 nitrogen and oxygen atoms in total. The molecular weight excluding hydrogens is 299 g/mol. The molecule has 0 atom stereocenters. The molecule has 0 bridgehead atoms. The van der Waals surface area contributed by atoms with E-state index in [1.54, 1.807) is 23.7 Å². The molecule has 1 aromatic heterocycles. The van der Waals surface area contributed by atoms with Crippen molar-refractivity contribution in [3.8, 4) is 0 Å². The van der Waals surface area contributed by atoms with E-state index in [-0.39, 0.29) is 4.90 Å². The standard InChI is InChI=1S/C13H9FN2O2S2/c14-9-1-4-11(5-2-9)20(17,18)16-10-3-6-12-13(7-10)19-8-15-12/h1-8,16H.